The molecule has 1 atom stereocenters. The summed E-state index contributed by atoms with van der Waals surface area (Å²) in [7, 11) is 1.85. The minimum atomic E-state index is 0.116. The lowest BCUT2D eigenvalue weighted by Crippen LogP contribution is -2.30. The largest absolute Gasteiger partial charge is 0.494 e. The highest BCUT2D eigenvalue weighted by Crippen LogP contribution is 2.18. The SMILES string of the molecule is CNC(CO)CCOc1ccc(C(C)C)cc1. The molecule has 1 rings (SSSR count). The summed E-state index contributed by atoms with van der Waals surface area (Å²) in [6, 6.07) is 8.32. The third-order valence-electron chi connectivity index (χ3n) is 2.91. The Bertz CT molecular complexity index is 305. The second-order valence-electron chi connectivity index (χ2n) is 4.53. The van der Waals surface area contributed by atoms with Crippen molar-refractivity contribution in [2.24, 2.45) is 0 Å². The van der Waals surface area contributed by atoms with Crippen LogP contribution in [0, 0.1) is 0 Å². The lowest BCUT2D eigenvalue weighted by molar-refractivity contribution is 0.214. The molecule has 0 bridgehead atoms. The summed E-state index contributed by atoms with van der Waals surface area (Å²) in [6.45, 7) is 5.11. The summed E-state index contributed by atoms with van der Waals surface area (Å²) in [5, 5.41) is 12.0. The van der Waals surface area contributed by atoms with Gasteiger partial charge in [-0.15, -0.1) is 0 Å². The minimum absolute atomic E-state index is 0.116. The molecule has 96 valence electrons. The van der Waals surface area contributed by atoms with E-state index in [1.807, 2.05) is 19.2 Å². The van der Waals surface area contributed by atoms with Crippen molar-refractivity contribution in [3.63, 3.8) is 0 Å². The van der Waals surface area contributed by atoms with E-state index in [4.69, 9.17) is 9.84 Å². The van der Waals surface area contributed by atoms with Crippen LogP contribution in [0.15, 0.2) is 24.3 Å². The number of hydrogen-bond donors (Lipinski definition) is 2. The first-order chi connectivity index (χ1) is 8.17. The molecule has 0 saturated carbocycles. The fraction of sp³-hybridized carbons (Fsp3) is 0.571. The predicted molar refractivity (Wildman–Crippen MR) is 70.6 cm³/mol. The van der Waals surface area contributed by atoms with Crippen molar-refractivity contribution in [2.75, 3.05) is 20.3 Å². The second kappa shape index (κ2) is 7.30. The normalized spacial score (nSPS) is 12.8. The van der Waals surface area contributed by atoms with Crippen molar-refractivity contribution >= 4 is 0 Å². The number of nitrogens with one attached hydrogen (secondary N) is 1. The molecule has 0 heterocycles. The van der Waals surface area contributed by atoms with E-state index in [-0.39, 0.29) is 12.6 Å². The van der Waals surface area contributed by atoms with Crippen molar-refractivity contribution in [2.45, 2.75) is 32.2 Å². The van der Waals surface area contributed by atoms with Crippen LogP contribution in [0.1, 0.15) is 31.7 Å². The lowest BCUT2D eigenvalue weighted by Gasteiger charge is -2.14. The highest BCUT2D eigenvalue weighted by molar-refractivity contribution is 5.28. The first-order valence-electron chi connectivity index (χ1n) is 6.18. The van der Waals surface area contributed by atoms with Gasteiger partial charge in [0.25, 0.3) is 0 Å². The monoisotopic (exact) mass is 237 g/mol. The van der Waals surface area contributed by atoms with E-state index in [1.54, 1.807) is 0 Å². The molecule has 0 radical (unpaired) electrons. The minimum Gasteiger partial charge on any atom is -0.494 e. The van der Waals surface area contributed by atoms with Gasteiger partial charge in [-0.05, 0) is 37.1 Å². The molecular formula is C14H23NO2. The number of benzene rings is 1. The van der Waals surface area contributed by atoms with Crippen molar-refractivity contribution in [1.29, 1.82) is 0 Å². The van der Waals surface area contributed by atoms with Crippen LogP contribution in [-0.2, 0) is 0 Å². The quantitative estimate of drug-likeness (QED) is 0.763. The van der Waals surface area contributed by atoms with Gasteiger partial charge in [0.2, 0.25) is 0 Å². The van der Waals surface area contributed by atoms with Crippen LogP contribution in [0.25, 0.3) is 0 Å². The summed E-state index contributed by atoms with van der Waals surface area (Å²) >= 11 is 0. The van der Waals surface area contributed by atoms with E-state index in [0.29, 0.717) is 12.5 Å². The van der Waals surface area contributed by atoms with E-state index in [9.17, 15) is 0 Å². The molecule has 0 aliphatic carbocycles. The Morgan fingerprint density at radius 3 is 2.35 bits per heavy atom. The third kappa shape index (κ3) is 4.75. The number of aliphatic hydroxyl groups excluding tert-OH is 1. The number of rotatable bonds is 7. The zero-order chi connectivity index (χ0) is 12.7. The van der Waals surface area contributed by atoms with E-state index < -0.39 is 0 Å². The average molecular weight is 237 g/mol. The van der Waals surface area contributed by atoms with Crippen LogP contribution in [0.3, 0.4) is 0 Å². The maximum Gasteiger partial charge on any atom is 0.119 e. The van der Waals surface area contributed by atoms with E-state index in [2.05, 4.69) is 31.3 Å². The van der Waals surface area contributed by atoms with Gasteiger partial charge in [0, 0.05) is 6.04 Å². The summed E-state index contributed by atoms with van der Waals surface area (Å²) in [5.41, 5.74) is 1.32. The van der Waals surface area contributed by atoms with Gasteiger partial charge >= 0.3 is 0 Å². The zero-order valence-corrected chi connectivity index (χ0v) is 10.9. The Balaban J connectivity index is 2.37. The Hall–Kier alpha value is -1.06. The Labute approximate surface area is 104 Å². The van der Waals surface area contributed by atoms with Gasteiger partial charge < -0.3 is 15.2 Å². The molecule has 0 spiro atoms. The van der Waals surface area contributed by atoms with Gasteiger partial charge in [-0.2, -0.15) is 0 Å². The zero-order valence-electron chi connectivity index (χ0n) is 10.9. The molecule has 0 aliphatic rings. The highest BCUT2D eigenvalue weighted by atomic mass is 16.5. The van der Waals surface area contributed by atoms with Crippen LogP contribution in [0.5, 0.6) is 5.75 Å². The molecule has 0 aromatic heterocycles. The van der Waals surface area contributed by atoms with Crippen LogP contribution >= 0.6 is 0 Å². The number of likely N-dealkylation sites (N-methyl/N-ethyl adjacent to an activating group) is 1. The molecule has 17 heavy (non-hydrogen) atoms. The molecule has 2 N–H and O–H groups in total. The van der Waals surface area contributed by atoms with Gasteiger partial charge in [0.15, 0.2) is 0 Å². The molecule has 3 heteroatoms. The summed E-state index contributed by atoms with van der Waals surface area (Å²) < 4.78 is 5.62. The lowest BCUT2D eigenvalue weighted by atomic mass is 10.0. The number of hydrogen-bond acceptors (Lipinski definition) is 3. The van der Waals surface area contributed by atoms with E-state index in [1.165, 1.54) is 5.56 Å². The molecule has 0 fully saturated rings. The maximum absolute atomic E-state index is 9.00. The van der Waals surface area contributed by atoms with Crippen LogP contribution in [0.2, 0.25) is 0 Å². The Morgan fingerprint density at radius 2 is 1.88 bits per heavy atom. The Morgan fingerprint density at radius 1 is 1.24 bits per heavy atom. The first-order valence-corrected chi connectivity index (χ1v) is 6.18. The highest BCUT2D eigenvalue weighted by Gasteiger charge is 2.04. The number of aliphatic hydroxyl groups is 1. The van der Waals surface area contributed by atoms with Gasteiger partial charge in [0.1, 0.15) is 5.75 Å². The molecule has 1 aromatic rings. The summed E-state index contributed by atoms with van der Waals surface area (Å²) in [6.07, 6.45) is 0.804. The first kappa shape index (κ1) is 14.0. The predicted octanol–water partition coefficient (Wildman–Crippen LogP) is 2.16. The van der Waals surface area contributed by atoms with Crippen molar-refractivity contribution in [1.82, 2.24) is 5.32 Å². The van der Waals surface area contributed by atoms with Crippen molar-refractivity contribution in [3.8, 4) is 5.75 Å². The summed E-state index contributed by atoms with van der Waals surface area (Å²) in [5.74, 6) is 1.44. The average Bonchev–Trinajstić information content (AvgIpc) is 2.35. The standard InChI is InChI=1S/C14H23NO2/c1-11(2)12-4-6-14(7-5-12)17-9-8-13(10-16)15-3/h4-7,11,13,15-16H,8-10H2,1-3H3. The van der Waals surface area contributed by atoms with Crippen LogP contribution in [0.4, 0.5) is 0 Å². The molecule has 0 saturated heterocycles. The molecule has 1 unspecified atom stereocenters. The molecule has 0 amide bonds. The van der Waals surface area contributed by atoms with Gasteiger partial charge in [-0.1, -0.05) is 26.0 Å². The van der Waals surface area contributed by atoms with Crippen LogP contribution < -0.4 is 10.1 Å². The fourth-order valence-corrected chi connectivity index (χ4v) is 1.59. The second-order valence-corrected chi connectivity index (χ2v) is 4.53. The third-order valence-corrected chi connectivity index (χ3v) is 2.91. The van der Waals surface area contributed by atoms with Gasteiger partial charge in [0.05, 0.1) is 13.2 Å². The van der Waals surface area contributed by atoms with Crippen molar-refractivity contribution < 1.29 is 9.84 Å². The maximum atomic E-state index is 9.00. The van der Waals surface area contributed by atoms with E-state index in [0.717, 1.165) is 12.2 Å². The number of ether oxygens (including phenoxy) is 1. The van der Waals surface area contributed by atoms with E-state index >= 15 is 0 Å². The Kier molecular flexibility index (Phi) is 6.01. The molecule has 3 nitrogen and oxygen atoms in total. The van der Waals surface area contributed by atoms with Crippen molar-refractivity contribution in [3.05, 3.63) is 29.8 Å². The van der Waals surface area contributed by atoms with Crippen LogP contribution in [-0.4, -0.2) is 31.4 Å². The fourth-order valence-electron chi connectivity index (χ4n) is 1.59. The smallest absolute Gasteiger partial charge is 0.119 e. The van der Waals surface area contributed by atoms with Gasteiger partial charge in [-0.25, -0.2) is 0 Å². The summed E-state index contributed by atoms with van der Waals surface area (Å²) in [4.78, 5) is 0. The molecule has 1 aromatic carbocycles. The molecular weight excluding hydrogens is 214 g/mol. The van der Waals surface area contributed by atoms with Gasteiger partial charge in [-0.3, -0.25) is 0 Å². The molecule has 0 aliphatic heterocycles. The topological polar surface area (TPSA) is 41.5 Å².